The number of hydrogen-bond donors (Lipinski definition) is 0. The topological polar surface area (TPSA) is 99.0 Å². The maximum atomic E-state index is 12.6. The van der Waals surface area contributed by atoms with Crippen molar-refractivity contribution in [3.8, 4) is 5.75 Å². The van der Waals surface area contributed by atoms with Gasteiger partial charge in [-0.3, -0.25) is 10.1 Å². The van der Waals surface area contributed by atoms with E-state index in [0.29, 0.717) is 19.6 Å². The Labute approximate surface area is 154 Å². The summed E-state index contributed by atoms with van der Waals surface area (Å²) >= 11 is 11.8. The highest BCUT2D eigenvalue weighted by Gasteiger charge is 2.52. The summed E-state index contributed by atoms with van der Waals surface area (Å²) in [6.07, 6.45) is 0.549. The molecule has 1 aliphatic heterocycles. The minimum absolute atomic E-state index is 0.0121. The third-order valence-electron chi connectivity index (χ3n) is 4.13. The van der Waals surface area contributed by atoms with Crippen molar-refractivity contribution >= 4 is 38.9 Å². The average molecular weight is 411 g/mol. The quantitative estimate of drug-likeness (QED) is 0.404. The smallest absolute Gasteiger partial charge is 0.312 e. The van der Waals surface area contributed by atoms with Crippen LogP contribution < -0.4 is 4.74 Å². The number of halogens is 2. The van der Waals surface area contributed by atoms with Gasteiger partial charge in [0.2, 0.25) is 10.0 Å². The maximum absolute atomic E-state index is 12.6. The fourth-order valence-corrected chi connectivity index (χ4v) is 4.43. The molecule has 25 heavy (non-hydrogen) atoms. The molecule has 0 amide bonds. The molecular formula is C14H16Cl2N2O6S. The fraction of sp³-hybridized carbons (Fsp3) is 0.571. The molecule has 8 nitrogen and oxygen atoms in total. The zero-order valence-electron chi connectivity index (χ0n) is 13.1. The fourth-order valence-electron chi connectivity index (χ4n) is 2.50. The number of alkyl halides is 2. The molecule has 1 aromatic rings. The first-order valence-electron chi connectivity index (χ1n) is 7.59. The number of nitrogens with zero attached hydrogens (tertiary/aromatic N) is 2. The van der Waals surface area contributed by atoms with Crippen LogP contribution in [0.5, 0.6) is 5.75 Å². The molecule has 0 aromatic heterocycles. The lowest BCUT2D eigenvalue weighted by Gasteiger charge is -2.26. The molecule has 2 aliphatic rings. The van der Waals surface area contributed by atoms with E-state index in [1.165, 1.54) is 16.4 Å². The number of rotatable bonds is 6. The molecule has 0 N–H and O–H groups in total. The van der Waals surface area contributed by atoms with E-state index in [1.807, 2.05) is 0 Å². The lowest BCUT2D eigenvalue weighted by molar-refractivity contribution is -0.386. The summed E-state index contributed by atoms with van der Waals surface area (Å²) in [4.78, 5) is 10.5. The summed E-state index contributed by atoms with van der Waals surface area (Å²) in [5, 5.41) is 11.3. The van der Waals surface area contributed by atoms with Crippen molar-refractivity contribution in [1.82, 2.24) is 4.31 Å². The van der Waals surface area contributed by atoms with Crippen LogP contribution in [0.15, 0.2) is 23.1 Å². The van der Waals surface area contributed by atoms with Crippen LogP contribution in [0.4, 0.5) is 5.69 Å². The second-order valence-electron chi connectivity index (χ2n) is 5.88. The van der Waals surface area contributed by atoms with Crippen molar-refractivity contribution in [1.29, 1.82) is 0 Å². The minimum atomic E-state index is -3.82. The Balaban J connectivity index is 1.82. The Morgan fingerprint density at radius 1 is 1.36 bits per heavy atom. The Morgan fingerprint density at radius 3 is 2.56 bits per heavy atom. The Bertz CT molecular complexity index is 780. The second-order valence-corrected chi connectivity index (χ2v) is 9.36. The van der Waals surface area contributed by atoms with E-state index in [0.717, 1.165) is 6.07 Å². The Morgan fingerprint density at radius 2 is 2.00 bits per heavy atom. The van der Waals surface area contributed by atoms with Gasteiger partial charge in [0.25, 0.3) is 0 Å². The molecule has 1 saturated carbocycles. The Hall–Kier alpha value is -1.13. The molecule has 2 fully saturated rings. The molecule has 138 valence electrons. The predicted molar refractivity (Wildman–Crippen MR) is 90.7 cm³/mol. The molecule has 0 spiro atoms. The van der Waals surface area contributed by atoms with Gasteiger partial charge in [0.1, 0.15) is 4.33 Å². The second kappa shape index (κ2) is 6.88. The highest BCUT2D eigenvalue weighted by molar-refractivity contribution is 7.89. The van der Waals surface area contributed by atoms with Gasteiger partial charge in [-0.2, -0.15) is 4.31 Å². The lowest BCUT2D eigenvalue weighted by Crippen LogP contribution is -2.40. The van der Waals surface area contributed by atoms with Crippen molar-refractivity contribution in [3.05, 3.63) is 28.3 Å². The van der Waals surface area contributed by atoms with Gasteiger partial charge in [-0.15, -0.1) is 23.2 Å². The van der Waals surface area contributed by atoms with Gasteiger partial charge in [-0.25, -0.2) is 8.42 Å². The number of hydrogen-bond acceptors (Lipinski definition) is 6. The number of morpholine rings is 1. The van der Waals surface area contributed by atoms with Crippen LogP contribution in [0.2, 0.25) is 0 Å². The van der Waals surface area contributed by atoms with E-state index in [-0.39, 0.29) is 36.3 Å². The molecular weight excluding hydrogens is 395 g/mol. The van der Waals surface area contributed by atoms with Crippen molar-refractivity contribution in [2.24, 2.45) is 5.92 Å². The van der Waals surface area contributed by atoms with E-state index in [4.69, 9.17) is 32.7 Å². The summed E-state index contributed by atoms with van der Waals surface area (Å²) in [5.74, 6) is -0.117. The molecule has 3 rings (SSSR count). The van der Waals surface area contributed by atoms with Crippen molar-refractivity contribution in [3.63, 3.8) is 0 Å². The summed E-state index contributed by atoms with van der Waals surface area (Å²) in [6, 6.07) is 3.61. The normalized spacial score (nSPS) is 23.2. The summed E-state index contributed by atoms with van der Waals surface area (Å²) in [5.41, 5.74) is -0.412. The SMILES string of the molecule is O=[N+]([O-])c1cc(S(=O)(=O)N2CCOCC2)ccc1OCC1CC1(Cl)Cl. The van der Waals surface area contributed by atoms with Crippen LogP contribution in [-0.4, -0.2) is 54.9 Å². The van der Waals surface area contributed by atoms with Gasteiger partial charge in [0.15, 0.2) is 5.75 Å². The third-order valence-corrected chi connectivity index (χ3v) is 6.95. The predicted octanol–water partition coefficient (Wildman–Crippen LogP) is 2.19. The van der Waals surface area contributed by atoms with Crippen molar-refractivity contribution in [2.75, 3.05) is 32.9 Å². The highest BCUT2D eigenvalue weighted by Crippen LogP contribution is 2.53. The number of nitro benzene ring substituents is 1. The number of benzene rings is 1. The zero-order valence-corrected chi connectivity index (χ0v) is 15.4. The summed E-state index contributed by atoms with van der Waals surface area (Å²) < 4.78 is 36.2. The van der Waals surface area contributed by atoms with E-state index in [2.05, 4.69) is 0 Å². The van der Waals surface area contributed by atoms with Crippen LogP contribution in [0.3, 0.4) is 0 Å². The maximum Gasteiger partial charge on any atom is 0.312 e. The Kier molecular flexibility index (Phi) is 5.13. The molecule has 0 bridgehead atoms. The van der Waals surface area contributed by atoms with Crippen LogP contribution in [0.1, 0.15) is 6.42 Å². The van der Waals surface area contributed by atoms with Gasteiger partial charge in [-0.1, -0.05) is 0 Å². The zero-order chi connectivity index (χ0) is 18.2. The molecule has 1 heterocycles. The molecule has 11 heteroatoms. The molecule has 1 saturated heterocycles. The van der Waals surface area contributed by atoms with Gasteiger partial charge in [0.05, 0.1) is 29.6 Å². The van der Waals surface area contributed by atoms with E-state index in [1.54, 1.807) is 0 Å². The van der Waals surface area contributed by atoms with Gasteiger partial charge < -0.3 is 9.47 Å². The standard InChI is InChI=1S/C14H16Cl2N2O6S/c15-14(16)8-10(14)9-24-13-2-1-11(7-12(13)18(19)20)25(21,22)17-3-5-23-6-4-17/h1-2,7,10H,3-6,8-9H2. The van der Waals surface area contributed by atoms with Crippen LogP contribution in [-0.2, 0) is 14.8 Å². The van der Waals surface area contributed by atoms with Crippen LogP contribution in [0, 0.1) is 16.0 Å². The number of sulfonamides is 1. The number of ether oxygens (including phenoxy) is 2. The van der Waals surface area contributed by atoms with E-state index in [9.17, 15) is 18.5 Å². The van der Waals surface area contributed by atoms with Crippen LogP contribution in [0.25, 0.3) is 0 Å². The number of nitro groups is 1. The molecule has 1 unspecified atom stereocenters. The average Bonchev–Trinajstić information content (AvgIpc) is 3.20. The summed E-state index contributed by atoms with van der Waals surface area (Å²) in [6.45, 7) is 1.14. The van der Waals surface area contributed by atoms with Crippen molar-refractivity contribution in [2.45, 2.75) is 15.6 Å². The van der Waals surface area contributed by atoms with Crippen LogP contribution >= 0.6 is 23.2 Å². The van der Waals surface area contributed by atoms with Gasteiger partial charge in [0, 0.05) is 25.1 Å². The van der Waals surface area contributed by atoms with Gasteiger partial charge >= 0.3 is 5.69 Å². The lowest BCUT2D eigenvalue weighted by atomic mass is 10.3. The molecule has 1 atom stereocenters. The third kappa shape index (κ3) is 4.01. The first-order chi connectivity index (χ1) is 11.7. The monoisotopic (exact) mass is 410 g/mol. The molecule has 0 radical (unpaired) electrons. The first kappa shape index (κ1) is 18.7. The largest absolute Gasteiger partial charge is 0.486 e. The van der Waals surface area contributed by atoms with Crippen molar-refractivity contribution < 1.29 is 22.8 Å². The highest BCUT2D eigenvalue weighted by atomic mass is 35.5. The first-order valence-corrected chi connectivity index (χ1v) is 9.78. The molecule has 1 aromatic carbocycles. The van der Waals surface area contributed by atoms with E-state index >= 15 is 0 Å². The van der Waals surface area contributed by atoms with Gasteiger partial charge in [-0.05, 0) is 18.6 Å². The molecule has 1 aliphatic carbocycles. The van der Waals surface area contributed by atoms with E-state index < -0.39 is 25.0 Å². The summed E-state index contributed by atoms with van der Waals surface area (Å²) in [7, 11) is -3.82. The minimum Gasteiger partial charge on any atom is -0.486 e.